The molecule has 16 nitrogen and oxygen atoms in total. The predicted molar refractivity (Wildman–Crippen MR) is 222 cm³/mol. The molecule has 7 rings (SSSR count). The van der Waals surface area contributed by atoms with Crippen LogP contribution in [0.25, 0.3) is 0 Å². The number of hydrogen-bond acceptors (Lipinski definition) is 15. The summed E-state index contributed by atoms with van der Waals surface area (Å²) in [6.07, 6.45) is -9.22. The lowest BCUT2D eigenvalue weighted by molar-refractivity contribution is -0.371. The van der Waals surface area contributed by atoms with Gasteiger partial charge in [-0.2, -0.15) is 0 Å². The van der Waals surface area contributed by atoms with Crippen LogP contribution < -0.4 is 0 Å². The SMILES string of the molecule is CCCCOC(=O)[C@H]1O[C@@H](OC2CCC3(C)C(CCC4(C)C3C(=O)C=C3C5CC(C)(C(=O)O)CCC5(C)CCC34C)C2(C)C)[C@H](O[C@@H]2O[C@H](C(=O)OC)[C@@H](O)[C@H](O)[C@H]2O)[C@@H](O)[C@@H]1O. The first-order valence-electron chi connectivity index (χ1n) is 23.1. The van der Waals surface area contributed by atoms with Crippen LogP contribution in [0.1, 0.15) is 126 Å². The third kappa shape index (κ3) is 7.62. The van der Waals surface area contributed by atoms with Crippen LogP contribution in [0.4, 0.5) is 0 Å². The summed E-state index contributed by atoms with van der Waals surface area (Å²) in [6.45, 7) is 17.1. The third-order valence-electron chi connectivity index (χ3n) is 18.1. The molecule has 0 aromatic rings. The van der Waals surface area contributed by atoms with Gasteiger partial charge >= 0.3 is 17.9 Å². The number of carbonyl (C=O) groups excluding carboxylic acids is 3. The van der Waals surface area contributed by atoms with E-state index in [-0.39, 0.29) is 41.0 Å². The molecule has 0 bridgehead atoms. The Hall–Kier alpha value is -2.54. The molecule has 7 aliphatic rings. The molecule has 356 valence electrons. The van der Waals surface area contributed by atoms with Gasteiger partial charge in [-0.05, 0) is 116 Å². The number of ketones is 1. The Balaban J connectivity index is 1.18. The van der Waals surface area contributed by atoms with Crippen LogP contribution in [-0.2, 0) is 47.6 Å². The maximum atomic E-state index is 15.0. The second kappa shape index (κ2) is 17.0. The summed E-state index contributed by atoms with van der Waals surface area (Å²) >= 11 is 0. The van der Waals surface area contributed by atoms with Crippen molar-refractivity contribution in [3.63, 3.8) is 0 Å². The van der Waals surface area contributed by atoms with E-state index in [1.165, 1.54) is 0 Å². The van der Waals surface area contributed by atoms with Crippen LogP contribution in [0, 0.1) is 50.2 Å². The summed E-state index contributed by atoms with van der Waals surface area (Å²) < 4.78 is 34.6. The predicted octanol–water partition coefficient (Wildman–Crippen LogP) is 3.59. The first-order chi connectivity index (χ1) is 29.3. The fourth-order valence-corrected chi connectivity index (χ4v) is 13.9. The molecule has 16 heteroatoms. The van der Waals surface area contributed by atoms with Gasteiger partial charge in [0.2, 0.25) is 0 Å². The minimum absolute atomic E-state index is 0.00832. The number of aliphatic carboxylic acids is 1. The van der Waals surface area contributed by atoms with Crippen LogP contribution in [0.15, 0.2) is 11.6 Å². The first kappa shape index (κ1) is 48.4. The molecule has 19 atom stereocenters. The highest BCUT2D eigenvalue weighted by molar-refractivity contribution is 5.95. The Labute approximate surface area is 370 Å². The summed E-state index contributed by atoms with van der Waals surface area (Å²) in [5, 5.41) is 65.3. The van der Waals surface area contributed by atoms with Crippen molar-refractivity contribution in [1.82, 2.24) is 0 Å². The number of allylic oxidation sites excluding steroid dienone is 2. The fourth-order valence-electron chi connectivity index (χ4n) is 13.9. The average Bonchev–Trinajstić information content (AvgIpc) is 3.22. The Kier molecular flexibility index (Phi) is 13.0. The second-order valence-electron chi connectivity index (χ2n) is 22.0. The van der Waals surface area contributed by atoms with E-state index in [1.807, 2.05) is 19.9 Å². The lowest BCUT2D eigenvalue weighted by atomic mass is 9.33. The zero-order valence-corrected chi connectivity index (χ0v) is 38.4. The molecule has 0 aromatic carbocycles. The average molecular weight is 893 g/mol. The van der Waals surface area contributed by atoms with Crippen molar-refractivity contribution in [2.45, 2.75) is 194 Å². The molecule has 4 saturated carbocycles. The number of rotatable bonds is 10. The third-order valence-corrected chi connectivity index (χ3v) is 18.1. The number of carboxylic acids is 1. The minimum Gasteiger partial charge on any atom is -0.481 e. The quantitative estimate of drug-likeness (QED) is 0.104. The van der Waals surface area contributed by atoms with Crippen LogP contribution >= 0.6 is 0 Å². The molecule has 6 N–H and O–H groups in total. The molecule has 2 aliphatic heterocycles. The fraction of sp³-hybridized carbons (Fsp3) is 0.872. The molecule has 2 heterocycles. The van der Waals surface area contributed by atoms with Crippen molar-refractivity contribution in [3.8, 4) is 0 Å². The van der Waals surface area contributed by atoms with E-state index >= 15 is 0 Å². The van der Waals surface area contributed by atoms with E-state index < -0.39 is 107 Å². The van der Waals surface area contributed by atoms with Crippen LogP contribution in [0.2, 0.25) is 0 Å². The number of unbranched alkanes of at least 4 members (excludes halogenated alkanes) is 1. The van der Waals surface area contributed by atoms with Gasteiger partial charge in [-0.1, -0.05) is 60.5 Å². The highest BCUT2D eigenvalue weighted by Crippen LogP contribution is 2.75. The monoisotopic (exact) mass is 892 g/mol. The van der Waals surface area contributed by atoms with Gasteiger partial charge in [0.25, 0.3) is 0 Å². The Morgan fingerprint density at radius 2 is 1.40 bits per heavy atom. The lowest BCUT2D eigenvalue weighted by Crippen LogP contribution is -2.68. The van der Waals surface area contributed by atoms with E-state index in [0.717, 1.165) is 51.2 Å². The smallest absolute Gasteiger partial charge is 0.338 e. The molecule has 0 amide bonds. The molecular weight excluding hydrogens is 821 g/mol. The van der Waals surface area contributed by atoms with Crippen molar-refractivity contribution in [1.29, 1.82) is 0 Å². The number of methoxy groups -OCH3 is 1. The van der Waals surface area contributed by atoms with Crippen molar-refractivity contribution in [2.75, 3.05) is 13.7 Å². The Morgan fingerprint density at radius 1 is 0.762 bits per heavy atom. The Bertz CT molecular complexity index is 1820. The van der Waals surface area contributed by atoms with E-state index in [4.69, 9.17) is 28.4 Å². The van der Waals surface area contributed by atoms with E-state index in [1.54, 1.807) is 0 Å². The van der Waals surface area contributed by atoms with Gasteiger partial charge in [-0.3, -0.25) is 9.59 Å². The molecule has 0 radical (unpaired) electrons. The van der Waals surface area contributed by atoms with Crippen LogP contribution in [0.3, 0.4) is 0 Å². The maximum absolute atomic E-state index is 15.0. The molecular formula is C47H72O16. The molecule has 6 fully saturated rings. The van der Waals surface area contributed by atoms with E-state index in [9.17, 15) is 49.8 Å². The molecule has 0 aromatic heterocycles. The van der Waals surface area contributed by atoms with E-state index in [2.05, 4.69) is 41.5 Å². The topological polar surface area (TPSA) is 245 Å². The maximum Gasteiger partial charge on any atom is 0.338 e. The molecule has 5 aliphatic carbocycles. The molecule has 2 saturated heterocycles. The van der Waals surface area contributed by atoms with Gasteiger partial charge in [-0.15, -0.1) is 0 Å². The number of fused-ring (bicyclic) bond motifs is 7. The number of ether oxygens (including phenoxy) is 6. The largest absolute Gasteiger partial charge is 0.481 e. The molecule has 63 heavy (non-hydrogen) atoms. The van der Waals surface area contributed by atoms with Crippen molar-refractivity contribution in [3.05, 3.63) is 11.6 Å². The lowest BCUT2D eigenvalue weighted by Gasteiger charge is -2.70. The van der Waals surface area contributed by atoms with Gasteiger partial charge in [0.05, 0.1) is 25.2 Å². The molecule has 9 unspecified atom stereocenters. The highest BCUT2D eigenvalue weighted by atomic mass is 16.8. The zero-order chi connectivity index (χ0) is 46.4. The summed E-state index contributed by atoms with van der Waals surface area (Å²) in [4.78, 5) is 53.4. The number of hydrogen-bond donors (Lipinski definition) is 6. The highest BCUT2D eigenvalue weighted by Gasteiger charge is 2.71. The normalized spacial score (nSPS) is 49.2. The summed E-state index contributed by atoms with van der Waals surface area (Å²) in [5.41, 5.74) is -1.67. The van der Waals surface area contributed by atoms with Gasteiger partial charge in [0.15, 0.2) is 30.6 Å². The van der Waals surface area contributed by atoms with Gasteiger partial charge < -0.3 is 59.1 Å². The minimum atomic E-state index is -1.94. The zero-order valence-electron chi connectivity index (χ0n) is 38.4. The molecule has 0 spiro atoms. The summed E-state index contributed by atoms with van der Waals surface area (Å²) in [7, 11) is 1.05. The standard InChI is InChI=1S/C47H72O16/c1-10-11-20-59-38(55)34-30(51)31(52)35(63-39-32(53)28(49)29(50)33(61-39)37(54)58-9)40(62-34)60-27-13-14-45(6)26(42(27,2)3)12-15-47(8)36(45)25(48)21-23-24-22-44(5,41(56)57)17-16-43(24,4)18-19-46(23,47)7/h21,24,26-36,39-40,49-53H,10-20,22H2,1-9H3,(H,56,57)/t24?,26?,27?,28-,29-,30-,31-,32+,33-,34-,35+,36?,39-,40+,43?,44?,45?,46?,47?/m0/s1. The second-order valence-corrected chi connectivity index (χ2v) is 22.0. The van der Waals surface area contributed by atoms with E-state index in [0.29, 0.717) is 32.1 Å². The van der Waals surface area contributed by atoms with Gasteiger partial charge in [0, 0.05) is 5.92 Å². The van der Waals surface area contributed by atoms with Crippen LogP contribution in [0.5, 0.6) is 0 Å². The number of aliphatic hydroxyl groups excluding tert-OH is 5. The van der Waals surface area contributed by atoms with Crippen molar-refractivity contribution in [2.24, 2.45) is 50.2 Å². The number of carbonyl (C=O) groups is 4. The number of esters is 2. The first-order valence-corrected chi connectivity index (χ1v) is 23.1. The van der Waals surface area contributed by atoms with Crippen molar-refractivity contribution >= 4 is 23.7 Å². The van der Waals surface area contributed by atoms with Gasteiger partial charge in [-0.25, -0.2) is 9.59 Å². The van der Waals surface area contributed by atoms with Gasteiger partial charge in [0.1, 0.15) is 36.6 Å². The van der Waals surface area contributed by atoms with Crippen LogP contribution in [-0.4, -0.2) is 136 Å². The summed E-state index contributed by atoms with van der Waals surface area (Å²) in [6, 6.07) is 0. The number of carboxylic acid groups (broad SMARTS) is 1. The van der Waals surface area contributed by atoms with Crippen molar-refractivity contribution < 1.29 is 78.2 Å². The number of aliphatic hydroxyl groups is 5. The Morgan fingerprint density at radius 3 is 2.05 bits per heavy atom. The summed E-state index contributed by atoms with van der Waals surface area (Å²) in [5.74, 6) is -3.07.